The van der Waals surface area contributed by atoms with Gasteiger partial charge >= 0.3 is 5.97 Å². The third kappa shape index (κ3) is 6.81. The van der Waals surface area contributed by atoms with E-state index in [0.29, 0.717) is 6.42 Å². The van der Waals surface area contributed by atoms with Crippen molar-refractivity contribution in [1.29, 1.82) is 0 Å². The van der Waals surface area contributed by atoms with E-state index in [1.54, 1.807) is 14.0 Å². The number of methoxy groups -OCH3 is 1. The largest absolute Gasteiger partial charge is 0.463 e. The van der Waals surface area contributed by atoms with Crippen LogP contribution in [0, 0.1) is 0 Å². The Morgan fingerprint density at radius 1 is 0.846 bits per heavy atom. The zero-order valence-corrected chi connectivity index (χ0v) is 15.7. The minimum absolute atomic E-state index is 0.0943. The molecule has 4 heteroatoms. The fourth-order valence-electron chi connectivity index (χ4n) is 2.57. The van der Waals surface area contributed by atoms with E-state index in [-0.39, 0.29) is 30.9 Å². The molecule has 0 amide bonds. The van der Waals surface area contributed by atoms with Gasteiger partial charge < -0.3 is 9.47 Å². The second kappa shape index (κ2) is 9.88. The standard InChI is InChI=1S/C22H26O4/c1-16(23)12-18-4-6-19(7-5-18)13-20-8-10-21(11-9-20)14-22(24)26-15-17(2)25-3/h4-11,17H,12-15H2,1-3H3. The first kappa shape index (κ1) is 19.9. The molecule has 2 aromatic carbocycles. The maximum atomic E-state index is 11.8. The van der Waals surface area contributed by atoms with Gasteiger partial charge in [-0.25, -0.2) is 0 Å². The molecule has 26 heavy (non-hydrogen) atoms. The molecule has 0 aliphatic heterocycles. The minimum atomic E-state index is -0.247. The van der Waals surface area contributed by atoms with Gasteiger partial charge in [0, 0.05) is 13.5 Å². The maximum absolute atomic E-state index is 11.8. The molecule has 2 aromatic rings. The van der Waals surface area contributed by atoms with E-state index in [9.17, 15) is 9.59 Å². The lowest BCUT2D eigenvalue weighted by Gasteiger charge is -2.10. The fraction of sp³-hybridized carbons (Fsp3) is 0.364. The van der Waals surface area contributed by atoms with E-state index >= 15 is 0 Å². The Bertz CT molecular complexity index is 717. The summed E-state index contributed by atoms with van der Waals surface area (Å²) in [5, 5.41) is 0. The lowest BCUT2D eigenvalue weighted by atomic mass is 10.0. The van der Waals surface area contributed by atoms with Crippen molar-refractivity contribution in [3.8, 4) is 0 Å². The third-order valence-electron chi connectivity index (χ3n) is 4.14. The van der Waals surface area contributed by atoms with Crippen LogP contribution in [0.5, 0.6) is 0 Å². The predicted molar refractivity (Wildman–Crippen MR) is 101 cm³/mol. The average Bonchev–Trinajstić information content (AvgIpc) is 2.62. The molecular weight excluding hydrogens is 328 g/mol. The SMILES string of the molecule is COC(C)COC(=O)Cc1ccc(Cc2ccc(CC(C)=O)cc2)cc1. The van der Waals surface area contributed by atoms with E-state index < -0.39 is 0 Å². The summed E-state index contributed by atoms with van der Waals surface area (Å²) < 4.78 is 10.2. The second-order valence-electron chi connectivity index (χ2n) is 6.59. The van der Waals surface area contributed by atoms with Crippen LogP contribution in [-0.2, 0) is 38.3 Å². The van der Waals surface area contributed by atoms with Gasteiger partial charge in [-0.05, 0) is 42.5 Å². The normalized spacial score (nSPS) is 11.8. The highest BCUT2D eigenvalue weighted by Crippen LogP contribution is 2.13. The molecule has 4 nitrogen and oxygen atoms in total. The molecule has 138 valence electrons. The number of carbonyl (C=O) groups is 2. The Labute approximate surface area is 155 Å². The van der Waals surface area contributed by atoms with E-state index in [2.05, 4.69) is 12.1 Å². The topological polar surface area (TPSA) is 52.6 Å². The first-order valence-corrected chi connectivity index (χ1v) is 8.79. The van der Waals surface area contributed by atoms with Gasteiger partial charge in [0.25, 0.3) is 0 Å². The molecule has 0 aromatic heterocycles. The molecule has 0 radical (unpaired) electrons. The number of ketones is 1. The van der Waals surface area contributed by atoms with Crippen LogP contribution >= 0.6 is 0 Å². The highest BCUT2D eigenvalue weighted by molar-refractivity contribution is 5.78. The molecule has 1 unspecified atom stereocenters. The lowest BCUT2D eigenvalue weighted by molar-refractivity contribution is -0.146. The first-order valence-electron chi connectivity index (χ1n) is 8.79. The third-order valence-corrected chi connectivity index (χ3v) is 4.14. The van der Waals surface area contributed by atoms with Crippen LogP contribution in [0.25, 0.3) is 0 Å². The van der Waals surface area contributed by atoms with Crippen molar-refractivity contribution >= 4 is 11.8 Å². The second-order valence-corrected chi connectivity index (χ2v) is 6.59. The van der Waals surface area contributed by atoms with Gasteiger partial charge in [0.1, 0.15) is 12.4 Å². The van der Waals surface area contributed by atoms with Crippen molar-refractivity contribution in [1.82, 2.24) is 0 Å². The monoisotopic (exact) mass is 354 g/mol. The van der Waals surface area contributed by atoms with Gasteiger partial charge in [0.2, 0.25) is 0 Å². The number of Topliss-reactive ketones (excluding diaryl/α,β-unsaturated/α-hetero) is 1. The molecule has 0 aliphatic carbocycles. The smallest absolute Gasteiger partial charge is 0.310 e. The Balaban J connectivity index is 1.87. The zero-order chi connectivity index (χ0) is 18.9. The van der Waals surface area contributed by atoms with E-state index in [4.69, 9.17) is 9.47 Å². The summed E-state index contributed by atoms with van der Waals surface area (Å²) in [5.41, 5.74) is 4.34. The first-order chi connectivity index (χ1) is 12.5. The zero-order valence-electron chi connectivity index (χ0n) is 15.7. The van der Waals surface area contributed by atoms with E-state index in [1.165, 1.54) is 11.1 Å². The molecule has 0 saturated heterocycles. The van der Waals surface area contributed by atoms with Crippen molar-refractivity contribution in [2.24, 2.45) is 0 Å². The van der Waals surface area contributed by atoms with Crippen LogP contribution in [-0.4, -0.2) is 31.6 Å². The number of hydrogen-bond acceptors (Lipinski definition) is 4. The number of ether oxygens (including phenoxy) is 2. The Hall–Kier alpha value is -2.46. The van der Waals surface area contributed by atoms with Crippen LogP contribution in [0.2, 0.25) is 0 Å². The highest BCUT2D eigenvalue weighted by Gasteiger charge is 2.08. The van der Waals surface area contributed by atoms with Crippen molar-refractivity contribution < 1.29 is 19.1 Å². The summed E-state index contributed by atoms with van der Waals surface area (Å²) in [6.45, 7) is 3.73. The lowest BCUT2D eigenvalue weighted by Crippen LogP contribution is -2.18. The summed E-state index contributed by atoms with van der Waals surface area (Å²) in [5.74, 6) is -0.0775. The van der Waals surface area contributed by atoms with Gasteiger partial charge in [-0.2, -0.15) is 0 Å². The molecule has 0 aliphatic rings. The van der Waals surface area contributed by atoms with Crippen molar-refractivity contribution in [3.63, 3.8) is 0 Å². The van der Waals surface area contributed by atoms with Gasteiger partial charge in [0.15, 0.2) is 0 Å². The number of rotatable bonds is 9. The van der Waals surface area contributed by atoms with Crippen LogP contribution in [0.1, 0.15) is 36.1 Å². The van der Waals surface area contributed by atoms with Crippen molar-refractivity contribution in [3.05, 3.63) is 70.8 Å². The van der Waals surface area contributed by atoms with Gasteiger partial charge in [-0.15, -0.1) is 0 Å². The van der Waals surface area contributed by atoms with E-state index in [0.717, 1.165) is 17.5 Å². The number of esters is 1. The summed E-state index contributed by atoms with van der Waals surface area (Å²) >= 11 is 0. The predicted octanol–water partition coefficient (Wildman–Crippen LogP) is 3.53. The molecule has 0 bridgehead atoms. The minimum Gasteiger partial charge on any atom is -0.463 e. The average molecular weight is 354 g/mol. The fourth-order valence-corrected chi connectivity index (χ4v) is 2.57. The highest BCUT2D eigenvalue weighted by atomic mass is 16.6. The number of carbonyl (C=O) groups excluding carboxylic acids is 2. The molecule has 0 saturated carbocycles. The van der Waals surface area contributed by atoms with Crippen LogP contribution < -0.4 is 0 Å². The summed E-state index contributed by atoms with van der Waals surface area (Å²) in [6.07, 6.45) is 1.46. The van der Waals surface area contributed by atoms with Crippen molar-refractivity contribution in [2.75, 3.05) is 13.7 Å². The van der Waals surface area contributed by atoms with Gasteiger partial charge in [-0.3, -0.25) is 9.59 Å². The van der Waals surface area contributed by atoms with Crippen LogP contribution in [0.4, 0.5) is 0 Å². The Morgan fingerprint density at radius 3 is 1.77 bits per heavy atom. The summed E-state index contributed by atoms with van der Waals surface area (Å²) in [6, 6.07) is 16.1. The summed E-state index contributed by atoms with van der Waals surface area (Å²) in [7, 11) is 1.59. The molecular formula is C22H26O4. The molecule has 0 spiro atoms. The molecule has 0 fully saturated rings. The molecule has 2 rings (SSSR count). The number of benzene rings is 2. The molecule has 0 N–H and O–H groups in total. The van der Waals surface area contributed by atoms with Gasteiger partial charge in [-0.1, -0.05) is 48.5 Å². The van der Waals surface area contributed by atoms with Crippen molar-refractivity contribution in [2.45, 2.75) is 39.2 Å². The molecule has 0 heterocycles. The van der Waals surface area contributed by atoms with Gasteiger partial charge in [0.05, 0.1) is 12.5 Å². The Morgan fingerprint density at radius 2 is 1.31 bits per heavy atom. The number of hydrogen-bond donors (Lipinski definition) is 0. The Kier molecular flexibility index (Phi) is 7.54. The van der Waals surface area contributed by atoms with Crippen LogP contribution in [0.15, 0.2) is 48.5 Å². The van der Waals surface area contributed by atoms with Crippen LogP contribution in [0.3, 0.4) is 0 Å². The quantitative estimate of drug-likeness (QED) is 0.647. The van der Waals surface area contributed by atoms with E-state index in [1.807, 2.05) is 43.3 Å². The maximum Gasteiger partial charge on any atom is 0.310 e. The summed E-state index contributed by atoms with van der Waals surface area (Å²) in [4.78, 5) is 23.0. The molecule has 1 atom stereocenters.